The van der Waals surface area contributed by atoms with Crippen LogP contribution in [0.2, 0.25) is 0 Å². The third-order valence-corrected chi connectivity index (χ3v) is 4.84. The molecule has 1 aromatic heterocycles. The quantitative estimate of drug-likeness (QED) is 0.853. The maximum Gasteiger partial charge on any atom is 0.326 e. The molecule has 0 saturated carbocycles. The smallest absolute Gasteiger partial charge is 0.326 e. The highest BCUT2D eigenvalue weighted by Gasteiger charge is 2.32. The van der Waals surface area contributed by atoms with Gasteiger partial charge in [0.25, 0.3) is 0 Å². The van der Waals surface area contributed by atoms with Gasteiger partial charge in [-0.25, -0.2) is 14.8 Å². The van der Waals surface area contributed by atoms with E-state index in [2.05, 4.69) is 29.1 Å². The number of nitrogens with zero attached hydrogens (tertiary/aromatic N) is 3. The van der Waals surface area contributed by atoms with Gasteiger partial charge >= 0.3 is 5.97 Å². The summed E-state index contributed by atoms with van der Waals surface area (Å²) in [5.41, 5.74) is 0. The lowest BCUT2D eigenvalue weighted by molar-refractivity contribution is -0.138. The molecule has 1 aromatic rings. The van der Waals surface area contributed by atoms with Crippen molar-refractivity contribution in [1.82, 2.24) is 9.97 Å². The average Bonchev–Trinajstić information content (AvgIpc) is 3.05. The molecule has 3 heterocycles. The molecule has 2 aliphatic heterocycles. The van der Waals surface area contributed by atoms with Crippen LogP contribution in [0.1, 0.15) is 39.5 Å². The van der Waals surface area contributed by atoms with E-state index in [-0.39, 0.29) is 12.1 Å². The van der Waals surface area contributed by atoms with E-state index in [0.29, 0.717) is 24.7 Å². The SMILES string of the molecule is CC(C)C1OCCCC1Nc1cc(N2CCC[C@H]2C(=O)O)ncn1. The zero-order valence-electron chi connectivity index (χ0n) is 14.3. The van der Waals surface area contributed by atoms with Crippen molar-refractivity contribution in [2.75, 3.05) is 23.4 Å². The van der Waals surface area contributed by atoms with Gasteiger partial charge in [0.15, 0.2) is 0 Å². The largest absolute Gasteiger partial charge is 0.480 e. The van der Waals surface area contributed by atoms with Gasteiger partial charge in [-0.15, -0.1) is 0 Å². The molecule has 0 radical (unpaired) electrons. The molecule has 0 spiro atoms. The van der Waals surface area contributed by atoms with Crippen molar-refractivity contribution in [2.45, 2.75) is 57.7 Å². The Morgan fingerprint density at radius 1 is 1.38 bits per heavy atom. The van der Waals surface area contributed by atoms with E-state index in [4.69, 9.17) is 4.74 Å². The van der Waals surface area contributed by atoms with Crippen molar-refractivity contribution in [3.05, 3.63) is 12.4 Å². The van der Waals surface area contributed by atoms with Crippen LogP contribution in [-0.4, -0.2) is 52.4 Å². The summed E-state index contributed by atoms with van der Waals surface area (Å²) in [5, 5.41) is 12.8. The topological polar surface area (TPSA) is 87.6 Å². The lowest BCUT2D eigenvalue weighted by Crippen LogP contribution is -2.43. The number of rotatable bonds is 5. The second-order valence-electron chi connectivity index (χ2n) is 6.92. The number of nitrogens with one attached hydrogen (secondary N) is 1. The summed E-state index contributed by atoms with van der Waals surface area (Å²) in [7, 11) is 0. The van der Waals surface area contributed by atoms with Crippen LogP contribution in [0.4, 0.5) is 11.6 Å². The van der Waals surface area contributed by atoms with E-state index in [1.54, 1.807) is 0 Å². The van der Waals surface area contributed by atoms with Gasteiger partial charge in [-0.3, -0.25) is 0 Å². The van der Waals surface area contributed by atoms with Gasteiger partial charge in [-0.05, 0) is 31.6 Å². The van der Waals surface area contributed by atoms with Crippen LogP contribution in [0.5, 0.6) is 0 Å². The normalized spacial score (nSPS) is 27.5. The minimum atomic E-state index is -0.791. The Balaban J connectivity index is 1.74. The molecular formula is C17H26N4O3. The van der Waals surface area contributed by atoms with Crippen molar-refractivity contribution in [1.29, 1.82) is 0 Å². The van der Waals surface area contributed by atoms with Gasteiger partial charge in [0.05, 0.1) is 12.1 Å². The van der Waals surface area contributed by atoms with Crippen LogP contribution in [0, 0.1) is 5.92 Å². The Morgan fingerprint density at radius 3 is 2.96 bits per heavy atom. The number of carbonyl (C=O) groups is 1. The van der Waals surface area contributed by atoms with Crippen molar-refractivity contribution in [3.8, 4) is 0 Å². The fourth-order valence-electron chi connectivity index (χ4n) is 3.69. The standard InChI is InChI=1S/C17H26N4O3/c1-11(2)16-12(5-4-8-24-16)20-14-9-15(19-10-18-14)21-7-3-6-13(21)17(22)23/h9-13,16H,3-8H2,1-2H3,(H,22,23)(H,18,19,20)/t12?,13-,16?/m0/s1. The van der Waals surface area contributed by atoms with Gasteiger partial charge in [-0.1, -0.05) is 13.8 Å². The maximum absolute atomic E-state index is 11.4. The molecular weight excluding hydrogens is 308 g/mol. The number of aliphatic carboxylic acids is 1. The molecule has 2 saturated heterocycles. The number of hydrogen-bond acceptors (Lipinski definition) is 6. The third-order valence-electron chi connectivity index (χ3n) is 4.84. The Bertz CT molecular complexity index is 581. The van der Waals surface area contributed by atoms with E-state index in [1.807, 2.05) is 11.0 Å². The van der Waals surface area contributed by atoms with E-state index in [0.717, 1.165) is 31.7 Å². The summed E-state index contributed by atoms with van der Waals surface area (Å²) >= 11 is 0. The fraction of sp³-hybridized carbons (Fsp3) is 0.706. The number of aromatic nitrogens is 2. The Labute approximate surface area is 142 Å². The molecule has 2 unspecified atom stereocenters. The number of carboxylic acid groups (broad SMARTS) is 1. The molecule has 24 heavy (non-hydrogen) atoms. The number of carboxylic acids is 1. The van der Waals surface area contributed by atoms with Gasteiger partial charge < -0.3 is 20.1 Å². The van der Waals surface area contributed by atoms with Crippen LogP contribution in [0.15, 0.2) is 12.4 Å². The first kappa shape index (κ1) is 17.0. The van der Waals surface area contributed by atoms with E-state index in [9.17, 15) is 9.90 Å². The highest BCUT2D eigenvalue weighted by atomic mass is 16.5. The maximum atomic E-state index is 11.4. The Kier molecular flexibility index (Phi) is 5.18. The summed E-state index contributed by atoms with van der Waals surface area (Å²) in [6.07, 6.45) is 5.28. The third kappa shape index (κ3) is 3.61. The number of anilines is 2. The van der Waals surface area contributed by atoms with Gasteiger partial charge in [-0.2, -0.15) is 0 Å². The lowest BCUT2D eigenvalue weighted by Gasteiger charge is -2.35. The zero-order chi connectivity index (χ0) is 17.1. The summed E-state index contributed by atoms with van der Waals surface area (Å²) in [6.45, 7) is 5.86. The molecule has 0 bridgehead atoms. The minimum Gasteiger partial charge on any atom is -0.480 e. The average molecular weight is 334 g/mol. The summed E-state index contributed by atoms with van der Waals surface area (Å²) in [4.78, 5) is 21.8. The molecule has 2 aliphatic rings. The predicted octanol–water partition coefficient (Wildman–Crippen LogP) is 2.15. The lowest BCUT2D eigenvalue weighted by atomic mass is 9.94. The van der Waals surface area contributed by atoms with Crippen LogP contribution < -0.4 is 10.2 Å². The molecule has 7 heteroatoms. The summed E-state index contributed by atoms with van der Waals surface area (Å²) in [5.74, 6) is 1.05. The Hall–Kier alpha value is -1.89. The molecule has 3 rings (SSSR count). The van der Waals surface area contributed by atoms with Crippen molar-refractivity contribution < 1.29 is 14.6 Å². The molecule has 0 aliphatic carbocycles. The van der Waals surface area contributed by atoms with Crippen LogP contribution >= 0.6 is 0 Å². The Morgan fingerprint density at radius 2 is 2.21 bits per heavy atom. The van der Waals surface area contributed by atoms with Gasteiger partial charge in [0, 0.05) is 19.2 Å². The summed E-state index contributed by atoms with van der Waals surface area (Å²) < 4.78 is 5.91. The van der Waals surface area contributed by atoms with E-state index >= 15 is 0 Å². The van der Waals surface area contributed by atoms with Gasteiger partial charge in [0.1, 0.15) is 24.0 Å². The molecule has 132 valence electrons. The second kappa shape index (κ2) is 7.34. The van der Waals surface area contributed by atoms with Gasteiger partial charge in [0.2, 0.25) is 0 Å². The molecule has 2 fully saturated rings. The molecule has 0 amide bonds. The monoisotopic (exact) mass is 334 g/mol. The molecule has 3 atom stereocenters. The first-order valence-electron chi connectivity index (χ1n) is 8.76. The number of ether oxygens (including phenoxy) is 1. The van der Waals surface area contributed by atoms with Crippen molar-refractivity contribution >= 4 is 17.6 Å². The molecule has 7 nitrogen and oxygen atoms in total. The first-order valence-corrected chi connectivity index (χ1v) is 8.76. The van der Waals surface area contributed by atoms with E-state index < -0.39 is 12.0 Å². The highest BCUT2D eigenvalue weighted by molar-refractivity contribution is 5.78. The zero-order valence-corrected chi connectivity index (χ0v) is 14.3. The summed E-state index contributed by atoms with van der Waals surface area (Å²) in [6, 6.07) is 1.58. The molecule has 2 N–H and O–H groups in total. The number of hydrogen-bond donors (Lipinski definition) is 2. The highest BCUT2D eigenvalue weighted by Crippen LogP contribution is 2.27. The predicted molar refractivity (Wildman–Crippen MR) is 91.3 cm³/mol. The van der Waals surface area contributed by atoms with Crippen molar-refractivity contribution in [3.63, 3.8) is 0 Å². The van der Waals surface area contributed by atoms with Crippen LogP contribution in [0.3, 0.4) is 0 Å². The first-order chi connectivity index (χ1) is 11.6. The second-order valence-corrected chi connectivity index (χ2v) is 6.92. The van der Waals surface area contributed by atoms with Crippen LogP contribution in [-0.2, 0) is 9.53 Å². The molecule has 0 aromatic carbocycles. The minimum absolute atomic E-state index is 0.163. The van der Waals surface area contributed by atoms with Crippen LogP contribution in [0.25, 0.3) is 0 Å². The van der Waals surface area contributed by atoms with E-state index in [1.165, 1.54) is 6.33 Å². The fourth-order valence-corrected chi connectivity index (χ4v) is 3.69. The van der Waals surface area contributed by atoms with Crippen molar-refractivity contribution in [2.24, 2.45) is 5.92 Å².